The van der Waals surface area contributed by atoms with Gasteiger partial charge in [-0.25, -0.2) is 9.18 Å². The summed E-state index contributed by atoms with van der Waals surface area (Å²) in [5.41, 5.74) is -0.405. The van der Waals surface area contributed by atoms with Crippen LogP contribution in [0.15, 0.2) is 0 Å². The second-order valence-corrected chi connectivity index (χ2v) is 6.76. The summed E-state index contributed by atoms with van der Waals surface area (Å²) in [6.07, 6.45) is 2.34. The second-order valence-electron chi connectivity index (χ2n) is 6.76. The molecule has 1 N–H and O–H groups in total. The summed E-state index contributed by atoms with van der Waals surface area (Å²) < 4.78 is 18.5. The summed E-state index contributed by atoms with van der Waals surface area (Å²) >= 11 is 0. The summed E-state index contributed by atoms with van der Waals surface area (Å²) in [6.45, 7) is 7.46. The predicted molar refractivity (Wildman–Crippen MR) is 71.9 cm³/mol. The van der Waals surface area contributed by atoms with Gasteiger partial charge in [0, 0.05) is 25.2 Å². The van der Waals surface area contributed by atoms with Crippen molar-refractivity contribution in [2.24, 2.45) is 0 Å². The maximum Gasteiger partial charge on any atom is 0.410 e. The Morgan fingerprint density at radius 2 is 1.95 bits per heavy atom. The zero-order valence-corrected chi connectivity index (χ0v) is 12.2. The molecule has 0 aliphatic carbocycles. The van der Waals surface area contributed by atoms with Crippen LogP contribution in [-0.2, 0) is 4.74 Å². The average molecular weight is 272 g/mol. The minimum Gasteiger partial charge on any atom is -0.444 e. The lowest BCUT2D eigenvalue weighted by Crippen LogP contribution is -2.58. The Balaban J connectivity index is 1.84. The van der Waals surface area contributed by atoms with E-state index in [1.165, 1.54) is 0 Å². The highest BCUT2D eigenvalue weighted by Gasteiger charge is 2.39. The number of ether oxygens (including phenoxy) is 1. The number of rotatable bonds is 0. The van der Waals surface area contributed by atoms with E-state index in [9.17, 15) is 9.18 Å². The Bertz CT molecular complexity index is 323. The number of hydrogen-bond acceptors (Lipinski definition) is 3. The number of hydrogen-bond donors (Lipinski definition) is 1. The largest absolute Gasteiger partial charge is 0.444 e. The third-order valence-electron chi connectivity index (χ3n) is 4.01. The van der Waals surface area contributed by atoms with Crippen molar-refractivity contribution >= 4 is 6.09 Å². The number of carbonyl (C=O) groups excluding carboxylic acids is 1. The molecule has 2 heterocycles. The van der Waals surface area contributed by atoms with Crippen LogP contribution in [-0.4, -0.2) is 47.9 Å². The summed E-state index contributed by atoms with van der Waals surface area (Å²) in [6, 6.07) is 0. The number of halogens is 1. The number of carbonyl (C=O) groups is 1. The van der Waals surface area contributed by atoms with Crippen molar-refractivity contribution in [3.63, 3.8) is 0 Å². The van der Waals surface area contributed by atoms with E-state index in [1.54, 1.807) is 4.90 Å². The third kappa shape index (κ3) is 3.81. The Hall–Kier alpha value is -0.840. The molecule has 0 aromatic heterocycles. The maximum atomic E-state index is 13.2. The van der Waals surface area contributed by atoms with Gasteiger partial charge < -0.3 is 15.0 Å². The molecule has 0 radical (unpaired) electrons. The van der Waals surface area contributed by atoms with E-state index in [1.807, 2.05) is 20.8 Å². The molecular weight excluding hydrogens is 247 g/mol. The molecular formula is C14H25FN2O2. The molecule has 1 spiro atoms. The number of nitrogens with one attached hydrogen (secondary N) is 1. The first kappa shape index (κ1) is 14.6. The minimum absolute atomic E-state index is 0.0428. The van der Waals surface area contributed by atoms with Gasteiger partial charge in [-0.3, -0.25) is 0 Å². The van der Waals surface area contributed by atoms with Gasteiger partial charge in [0.25, 0.3) is 0 Å². The van der Waals surface area contributed by atoms with Crippen LogP contribution < -0.4 is 5.32 Å². The lowest BCUT2D eigenvalue weighted by Gasteiger charge is -2.45. The highest BCUT2D eigenvalue weighted by atomic mass is 19.1. The average Bonchev–Trinajstić information content (AvgIpc) is 2.32. The zero-order chi connectivity index (χ0) is 14.1. The fraction of sp³-hybridized carbons (Fsp3) is 0.929. The predicted octanol–water partition coefficient (Wildman–Crippen LogP) is 2.48. The van der Waals surface area contributed by atoms with Gasteiger partial charge in [0.15, 0.2) is 0 Å². The second kappa shape index (κ2) is 5.27. The summed E-state index contributed by atoms with van der Waals surface area (Å²) in [5, 5.41) is 3.34. The van der Waals surface area contributed by atoms with Crippen LogP contribution in [0.2, 0.25) is 0 Å². The molecule has 110 valence electrons. The van der Waals surface area contributed by atoms with E-state index in [0.717, 1.165) is 19.3 Å². The maximum absolute atomic E-state index is 13.2. The van der Waals surface area contributed by atoms with Crippen LogP contribution in [0.4, 0.5) is 9.18 Å². The van der Waals surface area contributed by atoms with Crippen LogP contribution in [0, 0.1) is 0 Å². The Morgan fingerprint density at radius 3 is 2.42 bits per heavy atom. The molecule has 2 saturated heterocycles. The minimum atomic E-state index is -0.713. The van der Waals surface area contributed by atoms with Crippen molar-refractivity contribution in [3.05, 3.63) is 0 Å². The first-order valence-electron chi connectivity index (χ1n) is 7.17. The number of alkyl halides is 1. The summed E-state index contributed by atoms with van der Waals surface area (Å²) in [4.78, 5) is 13.7. The van der Waals surface area contributed by atoms with Gasteiger partial charge in [-0.05, 0) is 46.5 Å². The van der Waals surface area contributed by atoms with Crippen molar-refractivity contribution < 1.29 is 13.9 Å². The zero-order valence-electron chi connectivity index (χ0n) is 12.2. The fourth-order valence-corrected chi connectivity index (χ4v) is 2.82. The lowest BCUT2D eigenvalue weighted by atomic mass is 9.80. The van der Waals surface area contributed by atoms with Gasteiger partial charge in [-0.2, -0.15) is 0 Å². The van der Waals surface area contributed by atoms with E-state index >= 15 is 0 Å². The lowest BCUT2D eigenvalue weighted by molar-refractivity contribution is 0.0105. The van der Waals surface area contributed by atoms with Crippen LogP contribution >= 0.6 is 0 Å². The molecule has 2 rings (SSSR count). The molecule has 1 atom stereocenters. The molecule has 1 amide bonds. The van der Waals surface area contributed by atoms with Gasteiger partial charge in [0.1, 0.15) is 11.8 Å². The molecule has 0 saturated carbocycles. The smallest absolute Gasteiger partial charge is 0.410 e. The molecule has 19 heavy (non-hydrogen) atoms. The van der Waals surface area contributed by atoms with Crippen LogP contribution in [0.3, 0.4) is 0 Å². The van der Waals surface area contributed by atoms with Gasteiger partial charge in [0.05, 0.1) is 0 Å². The van der Waals surface area contributed by atoms with Gasteiger partial charge in [0.2, 0.25) is 0 Å². The highest BCUT2D eigenvalue weighted by Crippen LogP contribution is 2.31. The molecule has 2 aliphatic rings. The third-order valence-corrected chi connectivity index (χ3v) is 4.01. The molecule has 4 nitrogen and oxygen atoms in total. The van der Waals surface area contributed by atoms with E-state index in [4.69, 9.17) is 4.74 Å². The molecule has 0 unspecified atom stereocenters. The fourth-order valence-electron chi connectivity index (χ4n) is 2.82. The topological polar surface area (TPSA) is 41.6 Å². The monoisotopic (exact) mass is 272 g/mol. The van der Waals surface area contributed by atoms with E-state index in [2.05, 4.69) is 5.32 Å². The van der Waals surface area contributed by atoms with Crippen molar-refractivity contribution in [2.75, 3.05) is 19.6 Å². The SMILES string of the molecule is CC(C)(C)OC(=O)N1CCC2(CC[C@@H](F)CN2)CC1. The number of piperidine rings is 2. The van der Waals surface area contributed by atoms with Crippen LogP contribution in [0.1, 0.15) is 46.5 Å². The molecule has 0 bridgehead atoms. The Morgan fingerprint density at radius 1 is 1.32 bits per heavy atom. The molecule has 2 aliphatic heterocycles. The van der Waals surface area contributed by atoms with Crippen molar-refractivity contribution in [1.29, 1.82) is 0 Å². The standard InChI is InChI=1S/C14H25FN2O2/c1-13(2,3)19-12(18)17-8-6-14(7-9-17)5-4-11(15)10-16-14/h11,16H,4-10H2,1-3H3/t11-/m1/s1. The highest BCUT2D eigenvalue weighted by molar-refractivity contribution is 5.68. The number of amides is 1. The van der Waals surface area contributed by atoms with E-state index in [-0.39, 0.29) is 11.6 Å². The molecule has 0 aromatic carbocycles. The quantitative estimate of drug-likeness (QED) is 0.736. The number of likely N-dealkylation sites (tertiary alicyclic amines) is 1. The normalized spacial score (nSPS) is 27.4. The van der Waals surface area contributed by atoms with Gasteiger partial charge in [-0.15, -0.1) is 0 Å². The van der Waals surface area contributed by atoms with Crippen LogP contribution in [0.5, 0.6) is 0 Å². The van der Waals surface area contributed by atoms with Crippen molar-refractivity contribution in [1.82, 2.24) is 10.2 Å². The van der Waals surface area contributed by atoms with Crippen molar-refractivity contribution in [3.8, 4) is 0 Å². The van der Waals surface area contributed by atoms with E-state index < -0.39 is 11.8 Å². The van der Waals surface area contributed by atoms with E-state index in [0.29, 0.717) is 26.1 Å². The summed E-state index contributed by atoms with van der Waals surface area (Å²) in [5.74, 6) is 0. The van der Waals surface area contributed by atoms with Crippen LogP contribution in [0.25, 0.3) is 0 Å². The molecule has 0 aromatic rings. The molecule has 2 fully saturated rings. The summed E-state index contributed by atoms with van der Waals surface area (Å²) in [7, 11) is 0. The Kier molecular flexibility index (Phi) is 4.04. The first-order valence-corrected chi connectivity index (χ1v) is 7.17. The molecule has 5 heteroatoms. The van der Waals surface area contributed by atoms with Crippen molar-refractivity contribution in [2.45, 2.75) is 63.8 Å². The van der Waals surface area contributed by atoms with Gasteiger partial charge in [-0.1, -0.05) is 0 Å². The number of nitrogens with zero attached hydrogens (tertiary/aromatic N) is 1. The Labute approximate surface area is 114 Å². The first-order chi connectivity index (χ1) is 8.80. The van der Waals surface area contributed by atoms with Gasteiger partial charge >= 0.3 is 6.09 Å².